The average Bonchev–Trinajstić information content (AvgIpc) is 2.54. The number of amides is 1. The van der Waals surface area contributed by atoms with Gasteiger partial charge in [-0.05, 0) is 30.2 Å². The van der Waals surface area contributed by atoms with Crippen LogP contribution in [0.2, 0.25) is 10.0 Å². The maximum absolute atomic E-state index is 11.7. The van der Waals surface area contributed by atoms with Crippen LogP contribution in [0.3, 0.4) is 0 Å². The molecular formula is C16H12Cl2N2O4. The molecule has 0 aromatic heterocycles. The molecule has 0 saturated carbocycles. The number of nitro benzene ring substituents is 1. The molecule has 0 fully saturated rings. The van der Waals surface area contributed by atoms with Gasteiger partial charge in [-0.25, -0.2) is 0 Å². The number of non-ortho nitro benzene ring substituents is 1. The van der Waals surface area contributed by atoms with E-state index in [0.717, 1.165) is 11.3 Å². The van der Waals surface area contributed by atoms with Crippen molar-refractivity contribution >= 4 is 40.5 Å². The predicted octanol–water partition coefficient (Wildman–Crippen LogP) is 4.60. The molecular weight excluding hydrogens is 355 g/mol. The summed E-state index contributed by atoms with van der Waals surface area (Å²) in [6, 6.07) is 7.67. The molecule has 0 N–H and O–H groups in total. The van der Waals surface area contributed by atoms with Gasteiger partial charge in [0.1, 0.15) is 5.75 Å². The fourth-order valence-electron chi connectivity index (χ4n) is 2.56. The minimum atomic E-state index is -0.576. The summed E-state index contributed by atoms with van der Waals surface area (Å²) in [6.45, 7) is 0. The number of carbonyl (C=O) groups excluding carboxylic acids is 1. The van der Waals surface area contributed by atoms with Gasteiger partial charge in [-0.2, -0.15) is 0 Å². The zero-order chi connectivity index (χ0) is 17.4. The second-order valence-corrected chi connectivity index (χ2v) is 6.16. The SMILES string of the molecule is CN1C(=O)CCc2cc(Oc3c(Cl)cc([N+](=O)[O-])cc3Cl)ccc21. The number of anilines is 1. The number of rotatable bonds is 3. The van der Waals surface area contributed by atoms with Crippen LogP contribution < -0.4 is 9.64 Å². The van der Waals surface area contributed by atoms with Crippen LogP contribution >= 0.6 is 23.2 Å². The second kappa shape index (κ2) is 6.30. The molecule has 0 bridgehead atoms. The first-order valence-electron chi connectivity index (χ1n) is 7.07. The molecule has 24 heavy (non-hydrogen) atoms. The number of halogens is 2. The number of nitro groups is 1. The molecule has 0 unspecified atom stereocenters. The third-order valence-corrected chi connectivity index (χ3v) is 4.37. The lowest BCUT2D eigenvalue weighted by atomic mass is 10.0. The Bertz CT molecular complexity index is 831. The number of aryl methyl sites for hydroxylation is 1. The summed E-state index contributed by atoms with van der Waals surface area (Å²) in [5, 5.41) is 10.9. The fraction of sp³-hybridized carbons (Fsp3) is 0.188. The van der Waals surface area contributed by atoms with Crippen molar-refractivity contribution in [1.82, 2.24) is 0 Å². The Labute approximate surface area is 147 Å². The van der Waals surface area contributed by atoms with Crippen molar-refractivity contribution in [3.05, 3.63) is 56.1 Å². The van der Waals surface area contributed by atoms with Gasteiger partial charge < -0.3 is 9.64 Å². The molecule has 0 radical (unpaired) electrons. The van der Waals surface area contributed by atoms with Crippen LogP contribution in [0, 0.1) is 10.1 Å². The normalized spacial score (nSPS) is 13.6. The highest BCUT2D eigenvalue weighted by Crippen LogP contribution is 2.40. The van der Waals surface area contributed by atoms with Crippen molar-refractivity contribution < 1.29 is 14.5 Å². The van der Waals surface area contributed by atoms with Gasteiger partial charge in [0.05, 0.1) is 15.0 Å². The number of ether oxygens (including phenoxy) is 1. The average molecular weight is 367 g/mol. The fourth-order valence-corrected chi connectivity index (χ4v) is 3.12. The van der Waals surface area contributed by atoms with Crippen LogP contribution in [0.15, 0.2) is 30.3 Å². The molecule has 1 amide bonds. The summed E-state index contributed by atoms with van der Waals surface area (Å²) in [6.07, 6.45) is 1.06. The molecule has 1 heterocycles. The van der Waals surface area contributed by atoms with Crippen molar-refractivity contribution in [1.29, 1.82) is 0 Å². The van der Waals surface area contributed by atoms with Gasteiger partial charge in [-0.15, -0.1) is 0 Å². The van der Waals surface area contributed by atoms with Crippen LogP contribution in [0.5, 0.6) is 11.5 Å². The molecule has 0 spiro atoms. The number of benzene rings is 2. The Kier molecular flexibility index (Phi) is 4.34. The summed E-state index contributed by atoms with van der Waals surface area (Å²) in [5.74, 6) is 0.718. The van der Waals surface area contributed by atoms with E-state index in [0.29, 0.717) is 18.6 Å². The Balaban J connectivity index is 1.93. The third kappa shape index (κ3) is 3.02. The third-order valence-electron chi connectivity index (χ3n) is 3.81. The Morgan fingerprint density at radius 2 is 1.83 bits per heavy atom. The molecule has 0 aliphatic carbocycles. The van der Waals surface area contributed by atoms with Gasteiger partial charge in [0.2, 0.25) is 5.91 Å². The molecule has 2 aromatic carbocycles. The highest BCUT2D eigenvalue weighted by atomic mass is 35.5. The van der Waals surface area contributed by atoms with E-state index < -0.39 is 4.92 Å². The predicted molar refractivity (Wildman–Crippen MR) is 91.4 cm³/mol. The molecule has 0 atom stereocenters. The first-order chi connectivity index (χ1) is 11.4. The lowest BCUT2D eigenvalue weighted by Gasteiger charge is -2.26. The molecule has 3 rings (SSSR count). The lowest BCUT2D eigenvalue weighted by Crippen LogP contribution is -2.30. The summed E-state index contributed by atoms with van der Waals surface area (Å²) in [4.78, 5) is 23.6. The van der Waals surface area contributed by atoms with Gasteiger partial charge >= 0.3 is 0 Å². The number of carbonyl (C=O) groups is 1. The largest absolute Gasteiger partial charge is 0.454 e. The highest BCUT2D eigenvalue weighted by molar-refractivity contribution is 6.37. The Hall–Kier alpha value is -2.31. The van der Waals surface area contributed by atoms with Gasteiger partial charge in [0.15, 0.2) is 5.75 Å². The molecule has 1 aliphatic heterocycles. The Morgan fingerprint density at radius 3 is 2.46 bits per heavy atom. The first-order valence-corrected chi connectivity index (χ1v) is 7.83. The first kappa shape index (κ1) is 16.5. The highest BCUT2D eigenvalue weighted by Gasteiger charge is 2.22. The zero-order valence-electron chi connectivity index (χ0n) is 12.6. The number of nitrogens with zero attached hydrogens (tertiary/aromatic N) is 2. The zero-order valence-corrected chi connectivity index (χ0v) is 14.1. The molecule has 0 saturated heterocycles. The van der Waals surface area contributed by atoms with E-state index >= 15 is 0 Å². The van der Waals surface area contributed by atoms with Crippen molar-refractivity contribution in [3.8, 4) is 11.5 Å². The molecule has 2 aromatic rings. The van der Waals surface area contributed by atoms with E-state index in [9.17, 15) is 14.9 Å². The van der Waals surface area contributed by atoms with Crippen molar-refractivity contribution in [2.75, 3.05) is 11.9 Å². The minimum absolute atomic E-state index is 0.0548. The standard InChI is InChI=1S/C16H12Cl2N2O4/c1-19-14-4-3-11(6-9(14)2-5-15(19)21)24-16-12(17)7-10(20(22)23)8-13(16)18/h3-4,6-8H,2,5H2,1H3. The van der Waals surface area contributed by atoms with E-state index in [1.54, 1.807) is 24.1 Å². The van der Waals surface area contributed by atoms with E-state index in [1.807, 2.05) is 6.07 Å². The topological polar surface area (TPSA) is 72.7 Å². The van der Waals surface area contributed by atoms with Gasteiger partial charge in [-0.1, -0.05) is 23.2 Å². The van der Waals surface area contributed by atoms with Crippen LogP contribution in [0.4, 0.5) is 11.4 Å². The van der Waals surface area contributed by atoms with E-state index in [-0.39, 0.29) is 27.4 Å². The minimum Gasteiger partial charge on any atom is -0.454 e. The number of fused-ring (bicyclic) bond motifs is 1. The quantitative estimate of drug-likeness (QED) is 0.587. The maximum Gasteiger partial charge on any atom is 0.272 e. The monoisotopic (exact) mass is 366 g/mol. The summed E-state index contributed by atoms with van der Waals surface area (Å²) in [5.41, 5.74) is 1.60. The van der Waals surface area contributed by atoms with Crippen molar-refractivity contribution in [2.45, 2.75) is 12.8 Å². The van der Waals surface area contributed by atoms with E-state index in [1.165, 1.54) is 12.1 Å². The van der Waals surface area contributed by atoms with Crippen LogP contribution in [-0.4, -0.2) is 17.9 Å². The van der Waals surface area contributed by atoms with Crippen LogP contribution in [-0.2, 0) is 11.2 Å². The second-order valence-electron chi connectivity index (χ2n) is 5.34. The van der Waals surface area contributed by atoms with E-state index in [4.69, 9.17) is 27.9 Å². The van der Waals surface area contributed by atoms with Gasteiger partial charge in [0.25, 0.3) is 5.69 Å². The van der Waals surface area contributed by atoms with Crippen LogP contribution in [0.25, 0.3) is 0 Å². The van der Waals surface area contributed by atoms with Gasteiger partial charge in [0, 0.05) is 31.3 Å². The van der Waals surface area contributed by atoms with Crippen LogP contribution in [0.1, 0.15) is 12.0 Å². The molecule has 8 heteroatoms. The lowest BCUT2D eigenvalue weighted by molar-refractivity contribution is -0.384. The molecule has 1 aliphatic rings. The van der Waals surface area contributed by atoms with E-state index in [2.05, 4.69) is 0 Å². The summed E-state index contributed by atoms with van der Waals surface area (Å²) >= 11 is 12.1. The number of hydrogen-bond acceptors (Lipinski definition) is 4. The summed E-state index contributed by atoms with van der Waals surface area (Å²) in [7, 11) is 1.73. The smallest absolute Gasteiger partial charge is 0.272 e. The molecule has 124 valence electrons. The molecule has 6 nitrogen and oxygen atoms in total. The summed E-state index contributed by atoms with van der Waals surface area (Å²) < 4.78 is 5.71. The maximum atomic E-state index is 11.7. The number of hydrogen-bond donors (Lipinski definition) is 0. The van der Waals surface area contributed by atoms with Gasteiger partial charge in [-0.3, -0.25) is 14.9 Å². The Morgan fingerprint density at radius 1 is 1.17 bits per heavy atom. The van der Waals surface area contributed by atoms with Crippen molar-refractivity contribution in [3.63, 3.8) is 0 Å². The van der Waals surface area contributed by atoms with Crippen molar-refractivity contribution in [2.24, 2.45) is 0 Å².